The van der Waals surface area contributed by atoms with Crippen LogP contribution in [0.5, 0.6) is 5.75 Å². The first kappa shape index (κ1) is 15.5. The number of hydrogen-bond donors (Lipinski definition) is 2. The number of methoxy groups -OCH3 is 1. The van der Waals surface area contributed by atoms with Crippen LogP contribution in [0.3, 0.4) is 0 Å². The Bertz CT molecular complexity index is 852. The van der Waals surface area contributed by atoms with Crippen molar-refractivity contribution in [1.29, 1.82) is 0 Å². The third kappa shape index (κ3) is 2.89. The number of nitrogens with one attached hydrogen (secondary N) is 1. The lowest BCUT2D eigenvalue weighted by Gasteiger charge is -2.09. The molecular weight excluding hydrogens is 308 g/mol. The zero-order chi connectivity index (χ0) is 17.1. The van der Waals surface area contributed by atoms with Crippen LogP contribution in [0.4, 0.5) is 5.69 Å². The van der Waals surface area contributed by atoms with Crippen molar-refractivity contribution in [1.82, 2.24) is 0 Å². The van der Waals surface area contributed by atoms with Crippen molar-refractivity contribution in [2.45, 2.75) is 0 Å². The molecule has 2 aromatic rings. The predicted molar refractivity (Wildman–Crippen MR) is 89.3 cm³/mol. The highest BCUT2D eigenvalue weighted by Crippen LogP contribution is 2.22. The molecule has 1 heterocycles. The lowest BCUT2D eigenvalue weighted by Crippen LogP contribution is -2.21. The van der Waals surface area contributed by atoms with Crippen molar-refractivity contribution in [3.8, 4) is 5.75 Å². The summed E-state index contributed by atoms with van der Waals surface area (Å²) in [4.78, 5) is 28.0. The van der Waals surface area contributed by atoms with E-state index < -0.39 is 17.6 Å². The van der Waals surface area contributed by atoms with E-state index in [0.29, 0.717) is 17.0 Å². The van der Waals surface area contributed by atoms with Gasteiger partial charge in [-0.3, -0.25) is 9.59 Å². The van der Waals surface area contributed by atoms with Crippen LogP contribution in [0.15, 0.2) is 70.9 Å². The number of nitrogens with zero attached hydrogens (tertiary/aromatic N) is 1. The molecule has 3 rings (SSSR count). The number of rotatable bonds is 4. The minimum atomic E-state index is -0.825. The Morgan fingerprint density at radius 1 is 1.08 bits per heavy atom. The van der Waals surface area contributed by atoms with Gasteiger partial charge in [0.15, 0.2) is 5.76 Å². The summed E-state index contributed by atoms with van der Waals surface area (Å²) < 4.78 is 5.05. The molecule has 120 valence electrons. The summed E-state index contributed by atoms with van der Waals surface area (Å²) in [5.74, 6) is -1.43. The van der Waals surface area contributed by atoms with Crippen LogP contribution in [0.1, 0.15) is 5.56 Å². The third-order valence-electron chi connectivity index (χ3n) is 3.51. The fourth-order valence-electron chi connectivity index (χ4n) is 2.32. The SMILES string of the molecule is COc1ccc(NC(=O)C2=C(O)C(=O)N=C2c2ccccc2)cc1. The Kier molecular flexibility index (Phi) is 4.11. The topological polar surface area (TPSA) is 88.0 Å². The molecule has 0 fully saturated rings. The number of aliphatic imine (C=N–C) groups is 1. The Morgan fingerprint density at radius 2 is 1.75 bits per heavy atom. The van der Waals surface area contributed by atoms with Crippen LogP contribution in [0, 0.1) is 0 Å². The summed E-state index contributed by atoms with van der Waals surface area (Å²) in [6.07, 6.45) is 0. The number of aliphatic hydroxyl groups excluding tert-OH is 1. The molecule has 2 aromatic carbocycles. The maximum absolute atomic E-state index is 12.5. The molecule has 0 aliphatic carbocycles. The number of hydrogen-bond acceptors (Lipinski definition) is 4. The van der Waals surface area contributed by atoms with Gasteiger partial charge in [-0.05, 0) is 24.3 Å². The highest BCUT2D eigenvalue weighted by atomic mass is 16.5. The first-order valence-corrected chi connectivity index (χ1v) is 7.17. The van der Waals surface area contributed by atoms with Crippen molar-refractivity contribution >= 4 is 23.2 Å². The smallest absolute Gasteiger partial charge is 0.313 e. The largest absolute Gasteiger partial charge is 0.502 e. The lowest BCUT2D eigenvalue weighted by atomic mass is 10.0. The van der Waals surface area contributed by atoms with Crippen LogP contribution in [-0.2, 0) is 9.59 Å². The average molecular weight is 322 g/mol. The molecule has 2 amide bonds. The Hall–Kier alpha value is -3.41. The maximum atomic E-state index is 12.5. The fraction of sp³-hybridized carbons (Fsp3) is 0.0556. The Balaban J connectivity index is 1.89. The number of anilines is 1. The summed E-state index contributed by atoms with van der Waals surface area (Å²) in [5, 5.41) is 12.6. The molecule has 0 unspecified atom stereocenters. The molecule has 2 N–H and O–H groups in total. The second kappa shape index (κ2) is 6.37. The molecule has 1 aliphatic rings. The third-order valence-corrected chi connectivity index (χ3v) is 3.51. The van der Waals surface area contributed by atoms with Crippen molar-refractivity contribution in [3.05, 3.63) is 71.5 Å². The molecule has 1 aliphatic heterocycles. The number of aliphatic hydroxyl groups is 1. The van der Waals surface area contributed by atoms with Gasteiger partial charge in [0.05, 0.1) is 12.8 Å². The zero-order valence-electron chi connectivity index (χ0n) is 12.8. The Labute approximate surface area is 138 Å². The van der Waals surface area contributed by atoms with Gasteiger partial charge >= 0.3 is 5.91 Å². The highest BCUT2D eigenvalue weighted by Gasteiger charge is 2.32. The summed E-state index contributed by atoms with van der Waals surface area (Å²) in [5.41, 5.74) is 1.11. The summed E-state index contributed by atoms with van der Waals surface area (Å²) in [6.45, 7) is 0. The summed E-state index contributed by atoms with van der Waals surface area (Å²) >= 11 is 0. The van der Waals surface area contributed by atoms with Gasteiger partial charge in [0.1, 0.15) is 11.3 Å². The standard InChI is InChI=1S/C18H14N2O4/c1-24-13-9-7-12(8-10-13)19-17(22)14-15(20-18(23)16(14)21)11-5-3-2-4-6-11/h2-10H,1H3,(H,19,22)(H,20,21,23). The van der Waals surface area contributed by atoms with Crippen LogP contribution >= 0.6 is 0 Å². The predicted octanol–water partition coefficient (Wildman–Crippen LogP) is 2.48. The highest BCUT2D eigenvalue weighted by molar-refractivity contribution is 6.38. The van der Waals surface area contributed by atoms with Crippen LogP contribution in [0.2, 0.25) is 0 Å². The van der Waals surface area contributed by atoms with E-state index >= 15 is 0 Å². The first-order valence-electron chi connectivity index (χ1n) is 7.17. The van der Waals surface area contributed by atoms with E-state index in [0.717, 1.165) is 0 Å². The summed E-state index contributed by atoms with van der Waals surface area (Å²) in [6, 6.07) is 15.5. The summed E-state index contributed by atoms with van der Waals surface area (Å²) in [7, 11) is 1.54. The molecule has 0 aromatic heterocycles. The molecule has 24 heavy (non-hydrogen) atoms. The Morgan fingerprint density at radius 3 is 2.38 bits per heavy atom. The minimum absolute atomic E-state index is 0.137. The molecule has 0 bridgehead atoms. The molecule has 0 spiro atoms. The molecule has 0 saturated heterocycles. The number of ether oxygens (including phenoxy) is 1. The van der Waals surface area contributed by atoms with Crippen LogP contribution < -0.4 is 10.1 Å². The number of benzene rings is 2. The van der Waals surface area contributed by atoms with E-state index in [-0.39, 0.29) is 11.3 Å². The van der Waals surface area contributed by atoms with E-state index in [2.05, 4.69) is 10.3 Å². The van der Waals surface area contributed by atoms with Gasteiger partial charge < -0.3 is 15.2 Å². The monoisotopic (exact) mass is 322 g/mol. The molecule has 0 radical (unpaired) electrons. The van der Waals surface area contributed by atoms with Crippen molar-refractivity contribution < 1.29 is 19.4 Å². The average Bonchev–Trinajstić information content (AvgIpc) is 2.91. The van der Waals surface area contributed by atoms with E-state index in [1.54, 1.807) is 55.6 Å². The van der Waals surface area contributed by atoms with Crippen LogP contribution in [-0.4, -0.2) is 29.7 Å². The van der Waals surface area contributed by atoms with E-state index in [1.807, 2.05) is 6.07 Å². The maximum Gasteiger partial charge on any atom is 0.313 e. The van der Waals surface area contributed by atoms with Crippen molar-refractivity contribution in [2.24, 2.45) is 4.99 Å². The zero-order valence-corrected chi connectivity index (χ0v) is 12.8. The van der Waals surface area contributed by atoms with E-state index in [4.69, 9.17) is 4.74 Å². The lowest BCUT2D eigenvalue weighted by molar-refractivity contribution is -0.117. The molecular formula is C18H14N2O4. The van der Waals surface area contributed by atoms with Gasteiger partial charge in [-0.2, -0.15) is 0 Å². The van der Waals surface area contributed by atoms with Gasteiger partial charge in [-0.15, -0.1) is 0 Å². The second-order valence-electron chi connectivity index (χ2n) is 5.04. The van der Waals surface area contributed by atoms with E-state index in [9.17, 15) is 14.7 Å². The van der Waals surface area contributed by atoms with E-state index in [1.165, 1.54) is 0 Å². The molecule has 6 nitrogen and oxygen atoms in total. The van der Waals surface area contributed by atoms with Gasteiger partial charge in [-0.25, -0.2) is 4.99 Å². The van der Waals surface area contributed by atoms with Gasteiger partial charge in [0, 0.05) is 11.3 Å². The molecule has 0 saturated carbocycles. The molecule has 6 heteroatoms. The minimum Gasteiger partial charge on any atom is -0.502 e. The first-order chi connectivity index (χ1) is 11.6. The van der Waals surface area contributed by atoms with Gasteiger partial charge in [-0.1, -0.05) is 30.3 Å². The van der Waals surface area contributed by atoms with Crippen LogP contribution in [0.25, 0.3) is 0 Å². The van der Waals surface area contributed by atoms with Gasteiger partial charge in [0.2, 0.25) is 0 Å². The quantitative estimate of drug-likeness (QED) is 0.905. The number of carbonyl (C=O) groups is 2. The van der Waals surface area contributed by atoms with Crippen molar-refractivity contribution in [3.63, 3.8) is 0 Å². The normalized spacial score (nSPS) is 13.7. The molecule has 0 atom stereocenters. The second-order valence-corrected chi connectivity index (χ2v) is 5.04. The van der Waals surface area contributed by atoms with Gasteiger partial charge in [0.25, 0.3) is 5.91 Å². The number of amides is 2. The van der Waals surface area contributed by atoms with Crippen molar-refractivity contribution in [2.75, 3.05) is 12.4 Å². The fourth-order valence-corrected chi connectivity index (χ4v) is 2.32. The number of carbonyl (C=O) groups excluding carboxylic acids is 2.